The van der Waals surface area contributed by atoms with Crippen LogP contribution in [0.3, 0.4) is 0 Å². The molecule has 0 saturated heterocycles. The largest absolute Gasteiger partial charge is 0.289 e. The molecule has 5 heteroatoms. The van der Waals surface area contributed by atoms with Gasteiger partial charge in [-0.2, -0.15) is 0 Å². The number of carbonyl (C=O) groups is 2. The zero-order valence-electron chi connectivity index (χ0n) is 29.9. The first-order valence-corrected chi connectivity index (χ1v) is 19.2. The Morgan fingerprint density at radius 3 is 1.04 bits per heavy atom. The molecular formula is C44H44O2S3. The molecule has 5 aromatic rings. The lowest BCUT2D eigenvalue weighted by Gasteiger charge is -2.25. The van der Waals surface area contributed by atoms with Crippen molar-refractivity contribution in [2.24, 2.45) is 0 Å². The van der Waals surface area contributed by atoms with Gasteiger partial charge in [-0.15, -0.1) is 0 Å². The van der Waals surface area contributed by atoms with Gasteiger partial charge in [0.1, 0.15) is 0 Å². The van der Waals surface area contributed by atoms with E-state index in [0.717, 1.165) is 29.4 Å². The molecule has 0 fully saturated rings. The van der Waals surface area contributed by atoms with E-state index in [1.807, 2.05) is 30.3 Å². The predicted molar refractivity (Wildman–Crippen MR) is 208 cm³/mol. The average molecular weight is 701 g/mol. The topological polar surface area (TPSA) is 34.1 Å². The van der Waals surface area contributed by atoms with Crippen molar-refractivity contribution in [2.45, 2.75) is 108 Å². The number of rotatable bonds is 6. The maximum Gasteiger partial charge on any atom is 0.196 e. The third-order valence-electron chi connectivity index (χ3n) is 8.93. The van der Waals surface area contributed by atoms with Crippen LogP contribution >= 0.6 is 35.3 Å². The molecule has 0 bridgehead atoms. The number of hydrogen-bond donors (Lipinski definition) is 0. The van der Waals surface area contributed by atoms with Gasteiger partial charge in [-0.25, -0.2) is 0 Å². The summed E-state index contributed by atoms with van der Waals surface area (Å²) in [5.41, 5.74) is 5.84. The number of hydrogen-bond acceptors (Lipinski definition) is 5. The second-order valence-electron chi connectivity index (χ2n) is 15.8. The van der Waals surface area contributed by atoms with Crippen molar-refractivity contribution in [2.75, 3.05) is 0 Å². The molecule has 6 rings (SSSR count). The maximum atomic E-state index is 14.8. The number of fused-ring (bicyclic) bond motifs is 2. The monoisotopic (exact) mass is 700 g/mol. The van der Waals surface area contributed by atoms with Gasteiger partial charge in [-0.05, 0) is 87.5 Å². The first kappa shape index (κ1) is 35.3. The van der Waals surface area contributed by atoms with E-state index in [0.29, 0.717) is 22.3 Å². The van der Waals surface area contributed by atoms with Crippen LogP contribution in [-0.4, -0.2) is 11.6 Å². The summed E-state index contributed by atoms with van der Waals surface area (Å²) in [6.45, 7) is 19.8. The van der Waals surface area contributed by atoms with E-state index in [9.17, 15) is 9.59 Å². The van der Waals surface area contributed by atoms with Gasteiger partial charge in [0.2, 0.25) is 0 Å². The van der Waals surface area contributed by atoms with Crippen LogP contribution in [0.25, 0.3) is 0 Å². The molecule has 1 aliphatic carbocycles. The fourth-order valence-corrected chi connectivity index (χ4v) is 8.83. The summed E-state index contributed by atoms with van der Waals surface area (Å²) >= 11 is 4.63. The SMILES string of the molecule is CC(C)(C)c1ccc(Sc2cccc3c2C(=O)c2c(Sc4ccc(C(C)(C)C)cc4)ccc(Sc4ccc(C(C)(C)C)cc4)c2C3=O)cc1. The van der Waals surface area contributed by atoms with Crippen LogP contribution in [0.4, 0.5) is 0 Å². The van der Waals surface area contributed by atoms with Crippen LogP contribution in [0.1, 0.15) is 111 Å². The van der Waals surface area contributed by atoms with Crippen molar-refractivity contribution in [3.05, 3.63) is 142 Å². The minimum atomic E-state index is -0.102. The summed E-state index contributed by atoms with van der Waals surface area (Å²) in [5, 5.41) is 0. The second-order valence-corrected chi connectivity index (χ2v) is 19.1. The van der Waals surface area contributed by atoms with Crippen molar-refractivity contribution >= 4 is 46.9 Å². The minimum absolute atomic E-state index is 0.0412. The third-order valence-corrected chi connectivity index (χ3v) is 12.1. The Morgan fingerprint density at radius 1 is 0.367 bits per heavy atom. The summed E-state index contributed by atoms with van der Waals surface area (Å²) in [6.07, 6.45) is 0. The smallest absolute Gasteiger partial charge is 0.196 e. The highest BCUT2D eigenvalue weighted by molar-refractivity contribution is 8.00. The lowest BCUT2D eigenvalue weighted by Crippen LogP contribution is -2.23. The van der Waals surface area contributed by atoms with E-state index in [1.165, 1.54) is 16.7 Å². The van der Waals surface area contributed by atoms with Gasteiger partial charge in [0, 0.05) is 51.6 Å². The molecule has 0 unspecified atom stereocenters. The van der Waals surface area contributed by atoms with E-state index in [2.05, 4.69) is 135 Å². The second kappa shape index (κ2) is 13.3. The van der Waals surface area contributed by atoms with Crippen molar-refractivity contribution < 1.29 is 9.59 Å². The zero-order valence-corrected chi connectivity index (χ0v) is 32.3. The normalized spacial score (nSPS) is 13.3. The summed E-state index contributed by atoms with van der Waals surface area (Å²) < 4.78 is 0. The van der Waals surface area contributed by atoms with Crippen molar-refractivity contribution in [3.63, 3.8) is 0 Å². The molecule has 0 atom stereocenters. The van der Waals surface area contributed by atoms with Gasteiger partial charge in [0.15, 0.2) is 11.6 Å². The number of ketones is 2. The zero-order chi connectivity index (χ0) is 35.3. The number of benzene rings is 5. The average Bonchev–Trinajstić information content (AvgIpc) is 3.03. The number of carbonyl (C=O) groups excluding carboxylic acids is 2. The first-order chi connectivity index (χ1) is 23.0. The Kier molecular flexibility index (Phi) is 9.60. The Hall–Kier alpha value is -3.51. The van der Waals surface area contributed by atoms with E-state index < -0.39 is 0 Å². The maximum absolute atomic E-state index is 14.8. The standard InChI is InChI=1S/C44H44O2S3/c1-42(2,3)27-13-19-30(20-14-27)47-34-12-10-11-33-37(34)41(46)39-36(49-32-23-17-29(18-24-32)44(7,8)9)26-25-35(38(39)40(33)45)48-31-21-15-28(16-22-31)43(4,5)6/h10-26H,1-9H3. The highest BCUT2D eigenvalue weighted by Crippen LogP contribution is 2.46. The molecule has 0 amide bonds. The predicted octanol–water partition coefficient (Wildman–Crippen LogP) is 12.8. The van der Waals surface area contributed by atoms with E-state index >= 15 is 0 Å². The van der Waals surface area contributed by atoms with Crippen molar-refractivity contribution in [3.8, 4) is 0 Å². The van der Waals surface area contributed by atoms with Crippen LogP contribution in [-0.2, 0) is 16.2 Å². The Labute approximate surface area is 304 Å². The fraction of sp³-hybridized carbons (Fsp3) is 0.273. The quantitative estimate of drug-likeness (QED) is 0.173. The molecule has 0 saturated carbocycles. The van der Waals surface area contributed by atoms with Crippen LogP contribution in [0.15, 0.2) is 133 Å². The van der Waals surface area contributed by atoms with Gasteiger partial charge in [-0.3, -0.25) is 9.59 Å². The molecule has 2 nitrogen and oxygen atoms in total. The van der Waals surface area contributed by atoms with Gasteiger partial charge in [-0.1, -0.05) is 146 Å². The van der Waals surface area contributed by atoms with Crippen LogP contribution in [0.2, 0.25) is 0 Å². The molecule has 0 spiro atoms. The van der Waals surface area contributed by atoms with Gasteiger partial charge < -0.3 is 0 Å². The van der Waals surface area contributed by atoms with E-state index in [4.69, 9.17) is 0 Å². The molecule has 0 N–H and O–H groups in total. The molecule has 250 valence electrons. The first-order valence-electron chi connectivity index (χ1n) is 16.8. The van der Waals surface area contributed by atoms with Crippen molar-refractivity contribution in [1.82, 2.24) is 0 Å². The highest BCUT2D eigenvalue weighted by Gasteiger charge is 2.36. The Balaban J connectivity index is 1.43. The van der Waals surface area contributed by atoms with E-state index in [1.54, 1.807) is 35.3 Å². The molecule has 0 radical (unpaired) electrons. The van der Waals surface area contributed by atoms with Crippen molar-refractivity contribution in [1.29, 1.82) is 0 Å². The van der Waals surface area contributed by atoms with Crippen LogP contribution in [0.5, 0.6) is 0 Å². The molecule has 1 aliphatic rings. The van der Waals surface area contributed by atoms with Gasteiger partial charge >= 0.3 is 0 Å². The molecule has 0 heterocycles. The summed E-state index contributed by atoms with van der Waals surface area (Å²) in [7, 11) is 0. The molecule has 0 aliphatic heterocycles. The van der Waals surface area contributed by atoms with Gasteiger partial charge in [0.05, 0.1) is 0 Å². The molecule has 49 heavy (non-hydrogen) atoms. The third kappa shape index (κ3) is 7.50. The Bertz CT molecular complexity index is 2040. The summed E-state index contributed by atoms with van der Waals surface area (Å²) in [5.74, 6) is -0.201. The Morgan fingerprint density at radius 2 is 0.694 bits per heavy atom. The van der Waals surface area contributed by atoms with Crippen LogP contribution < -0.4 is 0 Å². The summed E-state index contributed by atoms with van der Waals surface area (Å²) in [6, 6.07) is 35.3. The lowest BCUT2D eigenvalue weighted by atomic mass is 9.84. The lowest BCUT2D eigenvalue weighted by molar-refractivity contribution is 0.0972. The molecule has 5 aromatic carbocycles. The van der Waals surface area contributed by atoms with Crippen LogP contribution in [0, 0.1) is 0 Å². The minimum Gasteiger partial charge on any atom is -0.289 e. The highest BCUT2D eigenvalue weighted by atomic mass is 32.2. The molecule has 0 aromatic heterocycles. The summed E-state index contributed by atoms with van der Waals surface area (Å²) in [4.78, 5) is 34.9. The van der Waals surface area contributed by atoms with Gasteiger partial charge in [0.25, 0.3) is 0 Å². The molecular weight excluding hydrogens is 657 g/mol. The fourth-order valence-electron chi connectivity index (χ4n) is 5.93. The van der Waals surface area contributed by atoms with E-state index in [-0.39, 0.29) is 27.8 Å².